The average Bonchev–Trinajstić information content (AvgIpc) is 2.97. The minimum absolute atomic E-state index is 0.0614. The van der Waals surface area contributed by atoms with Crippen molar-refractivity contribution < 1.29 is 4.79 Å². The molecule has 0 bridgehead atoms. The molecule has 1 amide bonds. The van der Waals surface area contributed by atoms with Gasteiger partial charge in [-0.1, -0.05) is 20.8 Å². The number of fused-ring (bicyclic) bond motifs is 1. The highest BCUT2D eigenvalue weighted by atomic mass is 32.1. The predicted molar refractivity (Wildman–Crippen MR) is 93.1 cm³/mol. The number of hydrogen-bond donors (Lipinski definition) is 1. The Labute approximate surface area is 138 Å². The van der Waals surface area contributed by atoms with Gasteiger partial charge in [0.15, 0.2) is 0 Å². The van der Waals surface area contributed by atoms with Gasteiger partial charge < -0.3 is 5.32 Å². The molecule has 0 aliphatic carbocycles. The van der Waals surface area contributed by atoms with Crippen LogP contribution in [-0.4, -0.2) is 21.6 Å². The predicted octanol–water partition coefficient (Wildman–Crippen LogP) is 1.80. The van der Waals surface area contributed by atoms with Crippen LogP contribution in [0.15, 0.2) is 21.0 Å². The van der Waals surface area contributed by atoms with Crippen LogP contribution in [0.5, 0.6) is 0 Å². The maximum Gasteiger partial charge on any atom is 0.332 e. The Kier molecular flexibility index (Phi) is 5.76. The van der Waals surface area contributed by atoms with Crippen molar-refractivity contribution in [2.75, 3.05) is 6.54 Å². The number of thiophene rings is 1. The third-order valence-corrected chi connectivity index (χ3v) is 4.52. The first-order valence-electron chi connectivity index (χ1n) is 7.93. The van der Waals surface area contributed by atoms with Gasteiger partial charge in [-0.3, -0.25) is 18.7 Å². The van der Waals surface area contributed by atoms with Crippen molar-refractivity contribution >= 4 is 27.5 Å². The number of nitrogens with one attached hydrogen (secondary N) is 1. The van der Waals surface area contributed by atoms with Crippen LogP contribution < -0.4 is 16.6 Å². The molecule has 2 aromatic heterocycles. The minimum atomic E-state index is -0.415. The van der Waals surface area contributed by atoms with E-state index < -0.39 is 5.69 Å². The lowest BCUT2D eigenvalue weighted by molar-refractivity contribution is -0.121. The standard InChI is InChI=1S/C16H23N3O3S/c1-4-8-18-15(21)14-12(6-9-23-14)19(16(18)22)10-13(20)17-7-5-11(2)3/h6,9,11H,4-5,7-8,10H2,1-3H3,(H,17,20). The Morgan fingerprint density at radius 3 is 2.70 bits per heavy atom. The van der Waals surface area contributed by atoms with Crippen molar-refractivity contribution in [1.29, 1.82) is 0 Å². The molecule has 6 nitrogen and oxygen atoms in total. The first-order chi connectivity index (χ1) is 11.0. The Bertz CT molecular complexity index is 801. The largest absolute Gasteiger partial charge is 0.355 e. The number of rotatable bonds is 7. The Morgan fingerprint density at radius 1 is 1.30 bits per heavy atom. The fraction of sp³-hybridized carbons (Fsp3) is 0.562. The van der Waals surface area contributed by atoms with Gasteiger partial charge in [-0.2, -0.15) is 0 Å². The summed E-state index contributed by atoms with van der Waals surface area (Å²) in [6, 6.07) is 1.72. The zero-order valence-electron chi connectivity index (χ0n) is 13.8. The highest BCUT2D eigenvalue weighted by Gasteiger charge is 2.15. The third-order valence-electron chi connectivity index (χ3n) is 3.63. The van der Waals surface area contributed by atoms with E-state index in [2.05, 4.69) is 19.2 Å². The van der Waals surface area contributed by atoms with Crippen LogP contribution in [0.4, 0.5) is 0 Å². The molecule has 0 saturated heterocycles. The summed E-state index contributed by atoms with van der Waals surface area (Å²) in [5, 5.41) is 4.60. The van der Waals surface area contributed by atoms with Crippen LogP contribution >= 0.6 is 11.3 Å². The highest BCUT2D eigenvalue weighted by molar-refractivity contribution is 7.17. The normalized spacial score (nSPS) is 11.3. The molecule has 0 aliphatic heterocycles. The number of amides is 1. The molecule has 2 heterocycles. The minimum Gasteiger partial charge on any atom is -0.355 e. The molecule has 7 heteroatoms. The monoisotopic (exact) mass is 337 g/mol. The molecule has 2 aromatic rings. The van der Waals surface area contributed by atoms with Gasteiger partial charge in [0.2, 0.25) is 5.91 Å². The van der Waals surface area contributed by atoms with Crippen molar-refractivity contribution in [2.24, 2.45) is 5.92 Å². The number of carbonyl (C=O) groups excluding carboxylic acids is 1. The lowest BCUT2D eigenvalue weighted by atomic mass is 10.1. The first kappa shape index (κ1) is 17.5. The van der Waals surface area contributed by atoms with Gasteiger partial charge in [0.05, 0.1) is 5.52 Å². The summed E-state index contributed by atoms with van der Waals surface area (Å²) in [6.07, 6.45) is 1.58. The van der Waals surface area contributed by atoms with Gasteiger partial charge in [0.25, 0.3) is 5.56 Å². The number of hydrogen-bond acceptors (Lipinski definition) is 4. The summed E-state index contributed by atoms with van der Waals surface area (Å²) in [5.74, 6) is 0.301. The molecule has 0 fully saturated rings. The molecule has 1 N–H and O–H groups in total. The van der Waals surface area contributed by atoms with E-state index in [4.69, 9.17) is 0 Å². The summed E-state index contributed by atoms with van der Waals surface area (Å²) in [5.41, 5.74) is -0.142. The van der Waals surface area contributed by atoms with Crippen molar-refractivity contribution in [2.45, 2.75) is 46.7 Å². The summed E-state index contributed by atoms with van der Waals surface area (Å²) in [7, 11) is 0. The fourth-order valence-corrected chi connectivity index (χ4v) is 3.25. The van der Waals surface area contributed by atoms with E-state index >= 15 is 0 Å². The van der Waals surface area contributed by atoms with E-state index in [0.717, 1.165) is 6.42 Å². The highest BCUT2D eigenvalue weighted by Crippen LogP contribution is 2.15. The maximum atomic E-state index is 12.6. The molecule has 0 atom stereocenters. The summed E-state index contributed by atoms with van der Waals surface area (Å²) in [4.78, 5) is 37.0. The van der Waals surface area contributed by atoms with Crippen LogP contribution in [0.3, 0.4) is 0 Å². The van der Waals surface area contributed by atoms with E-state index in [1.807, 2.05) is 6.92 Å². The molecule has 0 aliphatic rings. The van der Waals surface area contributed by atoms with Crippen LogP contribution in [0.25, 0.3) is 10.2 Å². The fourth-order valence-electron chi connectivity index (χ4n) is 2.41. The summed E-state index contributed by atoms with van der Waals surface area (Å²) >= 11 is 1.30. The average molecular weight is 337 g/mol. The maximum absolute atomic E-state index is 12.6. The van der Waals surface area contributed by atoms with Gasteiger partial charge in [-0.15, -0.1) is 11.3 Å². The second-order valence-electron chi connectivity index (χ2n) is 5.99. The van der Waals surface area contributed by atoms with Crippen molar-refractivity contribution in [3.05, 3.63) is 32.3 Å². The topological polar surface area (TPSA) is 73.1 Å². The van der Waals surface area contributed by atoms with Gasteiger partial charge in [-0.25, -0.2) is 4.79 Å². The Balaban J connectivity index is 2.33. The third kappa shape index (κ3) is 3.90. The lowest BCUT2D eigenvalue weighted by Crippen LogP contribution is -2.42. The molecule has 0 saturated carbocycles. The Morgan fingerprint density at radius 2 is 2.04 bits per heavy atom. The SMILES string of the molecule is CCCn1c(=O)c2sccc2n(CC(=O)NCCC(C)C)c1=O. The molecule has 2 rings (SSSR count). The molecule has 0 aromatic carbocycles. The van der Waals surface area contributed by atoms with Gasteiger partial charge in [0.1, 0.15) is 11.2 Å². The van der Waals surface area contributed by atoms with Crippen LogP contribution in [-0.2, 0) is 17.9 Å². The zero-order chi connectivity index (χ0) is 17.0. The zero-order valence-corrected chi connectivity index (χ0v) is 14.6. The van der Waals surface area contributed by atoms with Crippen LogP contribution in [0, 0.1) is 5.92 Å². The van der Waals surface area contributed by atoms with Crippen LogP contribution in [0.2, 0.25) is 0 Å². The molecular weight excluding hydrogens is 314 g/mol. The number of aromatic nitrogens is 2. The quantitative estimate of drug-likeness (QED) is 0.837. The molecule has 0 spiro atoms. The second-order valence-corrected chi connectivity index (χ2v) is 6.91. The summed E-state index contributed by atoms with van der Waals surface area (Å²) in [6.45, 7) is 6.98. The van der Waals surface area contributed by atoms with E-state index in [-0.39, 0.29) is 18.0 Å². The van der Waals surface area contributed by atoms with Crippen molar-refractivity contribution in [1.82, 2.24) is 14.5 Å². The van der Waals surface area contributed by atoms with Gasteiger partial charge >= 0.3 is 5.69 Å². The van der Waals surface area contributed by atoms with Gasteiger partial charge in [-0.05, 0) is 30.2 Å². The van der Waals surface area contributed by atoms with E-state index in [1.54, 1.807) is 11.4 Å². The number of nitrogens with zero attached hydrogens (tertiary/aromatic N) is 2. The lowest BCUT2D eigenvalue weighted by Gasteiger charge is -2.12. The van der Waals surface area contributed by atoms with E-state index in [1.165, 1.54) is 20.5 Å². The van der Waals surface area contributed by atoms with Gasteiger partial charge in [0, 0.05) is 13.1 Å². The molecule has 0 unspecified atom stereocenters. The Hall–Kier alpha value is -1.89. The smallest absolute Gasteiger partial charge is 0.332 e. The summed E-state index contributed by atoms with van der Waals surface area (Å²) < 4.78 is 3.14. The van der Waals surface area contributed by atoms with E-state index in [0.29, 0.717) is 35.6 Å². The van der Waals surface area contributed by atoms with Crippen LogP contribution in [0.1, 0.15) is 33.6 Å². The molecular formula is C16H23N3O3S. The van der Waals surface area contributed by atoms with E-state index in [9.17, 15) is 14.4 Å². The molecule has 0 radical (unpaired) electrons. The molecule has 23 heavy (non-hydrogen) atoms. The first-order valence-corrected chi connectivity index (χ1v) is 8.81. The molecule has 126 valence electrons. The van der Waals surface area contributed by atoms with Crippen molar-refractivity contribution in [3.63, 3.8) is 0 Å². The second kappa shape index (κ2) is 7.59. The number of carbonyl (C=O) groups is 1. The van der Waals surface area contributed by atoms with Crippen molar-refractivity contribution in [3.8, 4) is 0 Å².